The molecule has 0 amide bonds. The van der Waals surface area contributed by atoms with Gasteiger partial charge < -0.3 is 0 Å². The molecule has 0 radical (unpaired) electrons. The molecule has 3 rings (SSSR count). The third-order valence-corrected chi connectivity index (χ3v) is 6.30. The van der Waals surface area contributed by atoms with E-state index >= 15 is 0 Å². The van der Waals surface area contributed by atoms with Gasteiger partial charge in [0, 0.05) is 22.9 Å². The number of thiophene rings is 2. The monoisotopic (exact) mass is 275 g/mol. The highest BCUT2D eigenvalue weighted by molar-refractivity contribution is 7.97. The average Bonchev–Trinajstić information content (AvgIpc) is 3.04. The van der Waals surface area contributed by atoms with Crippen molar-refractivity contribution >= 4 is 33.6 Å². The van der Waals surface area contributed by atoms with Gasteiger partial charge in [-0.25, -0.2) is 0 Å². The van der Waals surface area contributed by atoms with Crippen molar-refractivity contribution in [2.75, 3.05) is 0 Å². The Labute approximate surface area is 112 Å². The van der Waals surface area contributed by atoms with Crippen molar-refractivity contribution in [2.45, 2.75) is 14.7 Å². The van der Waals surface area contributed by atoms with Gasteiger partial charge in [-0.05, 0) is 22.9 Å². The molecule has 2 heterocycles. The van der Waals surface area contributed by atoms with Gasteiger partial charge in [0.1, 0.15) is 10.9 Å². The maximum atomic E-state index is 2.26. The highest BCUT2D eigenvalue weighted by atomic mass is 32.2. The van der Waals surface area contributed by atoms with Gasteiger partial charge in [0.25, 0.3) is 0 Å². The Hall–Kier alpha value is -1.03. The second-order valence-corrected chi connectivity index (χ2v) is 7.12. The molecule has 0 bridgehead atoms. The minimum Gasteiger partial charge on any atom is -0.147 e. The first-order valence-electron chi connectivity index (χ1n) is 5.29. The van der Waals surface area contributed by atoms with Gasteiger partial charge in [0.2, 0.25) is 0 Å². The molecule has 3 heteroatoms. The molecule has 0 spiro atoms. The van der Waals surface area contributed by atoms with Crippen molar-refractivity contribution in [1.82, 2.24) is 0 Å². The van der Waals surface area contributed by atoms with E-state index in [2.05, 4.69) is 64.0 Å². The van der Waals surface area contributed by atoms with E-state index in [9.17, 15) is 0 Å². The van der Waals surface area contributed by atoms with Gasteiger partial charge >= 0.3 is 0 Å². The van der Waals surface area contributed by atoms with Gasteiger partial charge in [0.15, 0.2) is 14.7 Å². The topological polar surface area (TPSA) is 0 Å². The third-order valence-electron chi connectivity index (χ3n) is 2.44. The minimum absolute atomic E-state index is 0.0684. The first kappa shape index (κ1) is 11.1. The molecule has 3 aromatic rings. The van der Waals surface area contributed by atoms with E-state index in [4.69, 9.17) is 0 Å². The Balaban J connectivity index is 2.10. The summed E-state index contributed by atoms with van der Waals surface area (Å²) in [6.45, 7) is 0. The van der Waals surface area contributed by atoms with Crippen LogP contribution in [0.3, 0.4) is 0 Å². The zero-order valence-electron chi connectivity index (χ0n) is 9.08. The van der Waals surface area contributed by atoms with Gasteiger partial charge in [-0.2, -0.15) is 0 Å². The van der Waals surface area contributed by atoms with Crippen LogP contribution in [-0.4, -0.2) is 0 Å². The second kappa shape index (κ2) is 5.08. The van der Waals surface area contributed by atoms with E-state index in [1.165, 1.54) is 14.7 Å². The van der Waals surface area contributed by atoms with Crippen LogP contribution in [0, 0.1) is 0 Å². The molecule has 0 aliphatic heterocycles. The first-order valence-corrected chi connectivity index (χ1v) is 8.40. The SMILES string of the molecule is c1ccc([S+](c2ccsc2)c2ccsc2)cc1. The number of rotatable bonds is 3. The fourth-order valence-electron chi connectivity index (χ4n) is 1.70. The number of hydrogen-bond donors (Lipinski definition) is 0. The zero-order chi connectivity index (χ0) is 11.5. The molecule has 0 atom stereocenters. The number of benzene rings is 1. The van der Waals surface area contributed by atoms with Crippen molar-refractivity contribution in [3.05, 3.63) is 64.0 Å². The molecule has 1 aromatic carbocycles. The van der Waals surface area contributed by atoms with E-state index < -0.39 is 0 Å². The van der Waals surface area contributed by atoms with Crippen molar-refractivity contribution in [1.29, 1.82) is 0 Å². The quantitative estimate of drug-likeness (QED) is 0.596. The highest BCUT2D eigenvalue weighted by Crippen LogP contribution is 2.33. The van der Waals surface area contributed by atoms with E-state index in [0.29, 0.717) is 0 Å². The van der Waals surface area contributed by atoms with Gasteiger partial charge in [0.05, 0.1) is 0 Å². The van der Waals surface area contributed by atoms with E-state index in [-0.39, 0.29) is 10.9 Å². The molecule has 0 nitrogen and oxygen atoms in total. The summed E-state index contributed by atoms with van der Waals surface area (Å²) in [5.41, 5.74) is 0. The molecule has 0 fully saturated rings. The molecule has 0 aliphatic carbocycles. The Morgan fingerprint density at radius 3 is 1.71 bits per heavy atom. The van der Waals surface area contributed by atoms with Crippen LogP contribution in [0.1, 0.15) is 0 Å². The molecule has 0 aliphatic rings. The summed E-state index contributed by atoms with van der Waals surface area (Å²) in [4.78, 5) is 4.23. The van der Waals surface area contributed by atoms with Crippen molar-refractivity contribution in [2.24, 2.45) is 0 Å². The molecule has 84 valence electrons. The predicted molar refractivity (Wildman–Crippen MR) is 77.2 cm³/mol. The summed E-state index contributed by atoms with van der Waals surface area (Å²) in [5, 5.41) is 8.83. The molecule has 0 N–H and O–H groups in total. The predicted octanol–water partition coefficient (Wildman–Crippen LogP) is 4.91. The van der Waals surface area contributed by atoms with Crippen LogP contribution < -0.4 is 0 Å². The van der Waals surface area contributed by atoms with Crippen molar-refractivity contribution in [3.8, 4) is 0 Å². The standard InChI is InChI=1S/C14H11S3/c1-2-4-12(5-3-1)17(13-6-8-15-10-13)14-7-9-16-11-14/h1-11H/q+1. The normalized spacial score (nSPS) is 10.9. The van der Waals surface area contributed by atoms with Crippen LogP contribution in [0.25, 0.3) is 0 Å². The molecule has 0 saturated carbocycles. The smallest absolute Gasteiger partial charge is 0.147 e. The van der Waals surface area contributed by atoms with E-state index in [1.807, 2.05) is 0 Å². The second-order valence-electron chi connectivity index (χ2n) is 3.54. The molecule has 0 saturated heterocycles. The Bertz CT molecular complexity index is 519. The average molecular weight is 275 g/mol. The van der Waals surface area contributed by atoms with Gasteiger partial charge in [-0.15, -0.1) is 22.7 Å². The van der Waals surface area contributed by atoms with Gasteiger partial charge in [-0.1, -0.05) is 18.2 Å². The maximum absolute atomic E-state index is 2.26. The third kappa shape index (κ3) is 2.32. The van der Waals surface area contributed by atoms with Crippen LogP contribution in [0.5, 0.6) is 0 Å². The van der Waals surface area contributed by atoms with Crippen LogP contribution >= 0.6 is 22.7 Å². The highest BCUT2D eigenvalue weighted by Gasteiger charge is 2.28. The Morgan fingerprint density at radius 1 is 0.647 bits per heavy atom. The van der Waals surface area contributed by atoms with Crippen molar-refractivity contribution in [3.63, 3.8) is 0 Å². The molecular formula is C14H11S3+. The first-order chi connectivity index (χ1) is 8.45. The Kier molecular flexibility index (Phi) is 3.31. The zero-order valence-corrected chi connectivity index (χ0v) is 11.5. The van der Waals surface area contributed by atoms with Crippen LogP contribution in [0.4, 0.5) is 0 Å². The fraction of sp³-hybridized carbons (Fsp3) is 0. The van der Waals surface area contributed by atoms with Gasteiger partial charge in [-0.3, -0.25) is 0 Å². The molecule has 0 unspecified atom stereocenters. The lowest BCUT2D eigenvalue weighted by Gasteiger charge is -2.03. The molecular weight excluding hydrogens is 264 g/mol. The number of hydrogen-bond acceptors (Lipinski definition) is 2. The minimum atomic E-state index is 0.0684. The molecule has 17 heavy (non-hydrogen) atoms. The summed E-state index contributed by atoms with van der Waals surface area (Å²) in [6.07, 6.45) is 0. The van der Waals surface area contributed by atoms with Crippen molar-refractivity contribution < 1.29 is 0 Å². The Morgan fingerprint density at radius 2 is 1.24 bits per heavy atom. The van der Waals surface area contributed by atoms with E-state index in [0.717, 1.165) is 0 Å². The summed E-state index contributed by atoms with van der Waals surface area (Å²) in [5.74, 6) is 0. The fourth-order valence-corrected chi connectivity index (χ4v) is 5.66. The lowest BCUT2D eigenvalue weighted by molar-refractivity contribution is 1.36. The van der Waals surface area contributed by atoms with Crippen LogP contribution in [-0.2, 0) is 10.9 Å². The van der Waals surface area contributed by atoms with Crippen LogP contribution in [0.15, 0.2) is 78.7 Å². The molecule has 2 aromatic heterocycles. The summed E-state index contributed by atoms with van der Waals surface area (Å²) in [7, 11) is 0.0684. The summed E-state index contributed by atoms with van der Waals surface area (Å²) >= 11 is 3.54. The van der Waals surface area contributed by atoms with E-state index in [1.54, 1.807) is 22.7 Å². The lowest BCUT2D eigenvalue weighted by Crippen LogP contribution is -2.01. The summed E-state index contributed by atoms with van der Waals surface area (Å²) in [6, 6.07) is 15.2. The summed E-state index contributed by atoms with van der Waals surface area (Å²) < 4.78 is 0. The van der Waals surface area contributed by atoms with Crippen LogP contribution in [0.2, 0.25) is 0 Å². The largest absolute Gasteiger partial charge is 0.177 e. The maximum Gasteiger partial charge on any atom is 0.177 e. The lowest BCUT2D eigenvalue weighted by atomic mass is 10.4.